The van der Waals surface area contributed by atoms with E-state index in [1.165, 1.54) is 0 Å². The van der Waals surface area contributed by atoms with Gasteiger partial charge in [0.1, 0.15) is 0 Å². The predicted molar refractivity (Wildman–Crippen MR) is 52.5 cm³/mol. The average Bonchev–Trinajstić information content (AvgIpc) is 2.85. The molecule has 0 amide bonds. The summed E-state index contributed by atoms with van der Waals surface area (Å²) in [6.45, 7) is 4.58. The van der Waals surface area contributed by atoms with Gasteiger partial charge < -0.3 is 4.74 Å². The van der Waals surface area contributed by atoms with Gasteiger partial charge in [-0.05, 0) is 26.3 Å². The molecule has 0 spiro atoms. The molecule has 0 radical (unpaired) electrons. The highest BCUT2D eigenvalue weighted by molar-refractivity contribution is 5.94. The zero-order valence-corrected chi connectivity index (χ0v) is 8.19. The van der Waals surface area contributed by atoms with Crippen LogP contribution in [0.15, 0.2) is 24.3 Å². The lowest BCUT2D eigenvalue weighted by Crippen LogP contribution is -2.03. The van der Waals surface area contributed by atoms with Gasteiger partial charge in [-0.1, -0.05) is 18.2 Å². The van der Waals surface area contributed by atoms with Crippen molar-refractivity contribution < 1.29 is 9.53 Å². The third-order valence-electron chi connectivity index (χ3n) is 2.04. The molecule has 2 heteroatoms. The lowest BCUT2D eigenvalue weighted by Gasteiger charge is -1.95. The summed E-state index contributed by atoms with van der Waals surface area (Å²) in [5.74, 6) is 0.318. The highest BCUT2D eigenvalue weighted by Gasteiger charge is 2.42. The SMILES string of the molecule is C/C=C/C=C/C(=O)[C@H]1C[C@H]1OCC. The van der Waals surface area contributed by atoms with Gasteiger partial charge in [-0.3, -0.25) is 4.79 Å². The van der Waals surface area contributed by atoms with E-state index in [4.69, 9.17) is 4.74 Å². The van der Waals surface area contributed by atoms with E-state index in [2.05, 4.69) is 0 Å². The maximum Gasteiger partial charge on any atom is 0.161 e. The number of carbonyl (C=O) groups is 1. The van der Waals surface area contributed by atoms with Gasteiger partial charge in [-0.25, -0.2) is 0 Å². The Kier molecular flexibility index (Phi) is 3.90. The van der Waals surface area contributed by atoms with E-state index in [0.717, 1.165) is 6.42 Å². The molecule has 0 saturated heterocycles. The number of ketones is 1. The van der Waals surface area contributed by atoms with Crippen molar-refractivity contribution in [1.29, 1.82) is 0 Å². The van der Waals surface area contributed by atoms with E-state index in [-0.39, 0.29) is 17.8 Å². The van der Waals surface area contributed by atoms with Crippen molar-refractivity contribution in [3.63, 3.8) is 0 Å². The van der Waals surface area contributed by atoms with E-state index in [1.54, 1.807) is 12.2 Å². The van der Waals surface area contributed by atoms with E-state index >= 15 is 0 Å². The Morgan fingerprint density at radius 1 is 1.54 bits per heavy atom. The predicted octanol–water partition coefficient (Wildman–Crippen LogP) is 2.11. The first-order valence-electron chi connectivity index (χ1n) is 4.74. The van der Waals surface area contributed by atoms with E-state index < -0.39 is 0 Å². The van der Waals surface area contributed by atoms with Crippen LogP contribution in [0.4, 0.5) is 0 Å². The lowest BCUT2D eigenvalue weighted by atomic mass is 10.2. The number of hydrogen-bond donors (Lipinski definition) is 0. The second-order valence-electron chi connectivity index (χ2n) is 3.12. The summed E-state index contributed by atoms with van der Waals surface area (Å²) in [5.41, 5.74) is 0. The first kappa shape index (κ1) is 10.2. The second-order valence-corrected chi connectivity index (χ2v) is 3.12. The van der Waals surface area contributed by atoms with Gasteiger partial charge in [-0.15, -0.1) is 0 Å². The minimum atomic E-state index is 0.126. The molecule has 1 fully saturated rings. The summed E-state index contributed by atoms with van der Waals surface area (Å²) in [6.07, 6.45) is 8.25. The summed E-state index contributed by atoms with van der Waals surface area (Å²) in [5, 5.41) is 0. The van der Waals surface area contributed by atoms with Crippen molar-refractivity contribution in [3.05, 3.63) is 24.3 Å². The van der Waals surface area contributed by atoms with Crippen molar-refractivity contribution in [1.82, 2.24) is 0 Å². The number of carbonyl (C=O) groups excluding carboxylic acids is 1. The second kappa shape index (κ2) is 4.97. The van der Waals surface area contributed by atoms with E-state index in [0.29, 0.717) is 6.61 Å². The van der Waals surface area contributed by atoms with Gasteiger partial charge in [0.05, 0.1) is 12.0 Å². The highest BCUT2D eigenvalue weighted by Crippen LogP contribution is 2.34. The monoisotopic (exact) mass is 180 g/mol. The van der Waals surface area contributed by atoms with Crippen LogP contribution in [0.3, 0.4) is 0 Å². The Labute approximate surface area is 79.3 Å². The quantitative estimate of drug-likeness (QED) is 0.478. The first-order valence-corrected chi connectivity index (χ1v) is 4.74. The zero-order valence-electron chi connectivity index (χ0n) is 8.19. The van der Waals surface area contributed by atoms with Gasteiger partial charge in [0.25, 0.3) is 0 Å². The van der Waals surface area contributed by atoms with Crippen LogP contribution >= 0.6 is 0 Å². The average molecular weight is 180 g/mol. The standard InChI is InChI=1S/C11H16O2/c1-3-5-6-7-10(12)9-8-11(9)13-4-2/h3,5-7,9,11H,4,8H2,1-2H3/b5-3+,7-6+/t9-,11-/m1/s1. The van der Waals surface area contributed by atoms with Crippen LogP contribution in [0.5, 0.6) is 0 Å². The van der Waals surface area contributed by atoms with Crippen LogP contribution in [0, 0.1) is 5.92 Å². The molecule has 1 saturated carbocycles. The Bertz CT molecular complexity index is 228. The number of allylic oxidation sites excluding steroid dienone is 4. The fourth-order valence-electron chi connectivity index (χ4n) is 1.25. The van der Waals surface area contributed by atoms with E-state index in [9.17, 15) is 4.79 Å². The highest BCUT2D eigenvalue weighted by atomic mass is 16.5. The maximum absolute atomic E-state index is 11.4. The first-order chi connectivity index (χ1) is 6.29. The Morgan fingerprint density at radius 3 is 2.92 bits per heavy atom. The number of hydrogen-bond acceptors (Lipinski definition) is 2. The van der Waals surface area contributed by atoms with Gasteiger partial charge in [0, 0.05) is 6.61 Å². The molecule has 0 aliphatic heterocycles. The van der Waals surface area contributed by atoms with Gasteiger partial charge in [-0.2, -0.15) is 0 Å². The molecule has 72 valence electrons. The van der Waals surface area contributed by atoms with Crippen molar-refractivity contribution in [2.24, 2.45) is 5.92 Å². The molecule has 0 bridgehead atoms. The molecule has 2 nitrogen and oxygen atoms in total. The van der Waals surface area contributed by atoms with E-state index in [1.807, 2.05) is 26.0 Å². The van der Waals surface area contributed by atoms with Crippen LogP contribution in [0.25, 0.3) is 0 Å². The third kappa shape index (κ3) is 3.15. The summed E-state index contributed by atoms with van der Waals surface area (Å²) in [4.78, 5) is 11.4. The molecule has 1 aliphatic rings. The minimum absolute atomic E-state index is 0.126. The van der Waals surface area contributed by atoms with Crippen LogP contribution in [0.2, 0.25) is 0 Å². The molecule has 0 unspecified atom stereocenters. The molecule has 0 heterocycles. The summed E-state index contributed by atoms with van der Waals surface area (Å²) in [6, 6.07) is 0. The summed E-state index contributed by atoms with van der Waals surface area (Å²) < 4.78 is 5.32. The number of rotatable bonds is 5. The van der Waals surface area contributed by atoms with Crippen LogP contribution in [-0.2, 0) is 9.53 Å². The zero-order chi connectivity index (χ0) is 9.68. The third-order valence-corrected chi connectivity index (χ3v) is 2.04. The summed E-state index contributed by atoms with van der Waals surface area (Å²) in [7, 11) is 0. The molecule has 0 aromatic heterocycles. The molecular formula is C11H16O2. The van der Waals surface area contributed by atoms with Crippen LogP contribution in [-0.4, -0.2) is 18.5 Å². The Hall–Kier alpha value is -0.890. The molecule has 0 aromatic rings. The van der Waals surface area contributed by atoms with Gasteiger partial charge in [0.15, 0.2) is 5.78 Å². The normalized spacial score (nSPS) is 27.2. The van der Waals surface area contributed by atoms with Crippen molar-refractivity contribution in [3.8, 4) is 0 Å². The molecule has 0 N–H and O–H groups in total. The molecule has 2 atom stereocenters. The molecule has 13 heavy (non-hydrogen) atoms. The summed E-state index contributed by atoms with van der Waals surface area (Å²) >= 11 is 0. The Morgan fingerprint density at radius 2 is 2.31 bits per heavy atom. The largest absolute Gasteiger partial charge is 0.378 e. The smallest absolute Gasteiger partial charge is 0.161 e. The van der Waals surface area contributed by atoms with Gasteiger partial charge in [0.2, 0.25) is 0 Å². The minimum Gasteiger partial charge on any atom is -0.378 e. The molecule has 1 aliphatic carbocycles. The molecule has 1 rings (SSSR count). The van der Waals surface area contributed by atoms with Crippen LogP contribution in [0.1, 0.15) is 20.3 Å². The van der Waals surface area contributed by atoms with Crippen LogP contribution < -0.4 is 0 Å². The topological polar surface area (TPSA) is 26.3 Å². The molecule has 0 aromatic carbocycles. The Balaban J connectivity index is 2.27. The van der Waals surface area contributed by atoms with Gasteiger partial charge >= 0.3 is 0 Å². The maximum atomic E-state index is 11.4. The number of ether oxygens (including phenoxy) is 1. The van der Waals surface area contributed by atoms with Crippen molar-refractivity contribution in [2.75, 3.05) is 6.61 Å². The van der Waals surface area contributed by atoms with Crippen molar-refractivity contribution in [2.45, 2.75) is 26.4 Å². The lowest BCUT2D eigenvalue weighted by molar-refractivity contribution is -0.116. The molecular weight excluding hydrogens is 164 g/mol. The van der Waals surface area contributed by atoms with Crippen molar-refractivity contribution >= 4 is 5.78 Å². The fraction of sp³-hybridized carbons (Fsp3) is 0.545. The fourth-order valence-corrected chi connectivity index (χ4v) is 1.25.